The van der Waals surface area contributed by atoms with Crippen LogP contribution in [0.4, 0.5) is 23.2 Å². The lowest BCUT2D eigenvalue weighted by atomic mass is 10.3. The van der Waals surface area contributed by atoms with Crippen LogP contribution in [0.25, 0.3) is 0 Å². The van der Waals surface area contributed by atoms with E-state index in [-0.39, 0.29) is 10.7 Å². The van der Waals surface area contributed by atoms with Gasteiger partial charge in [-0.05, 0) is 18.2 Å². The molecule has 1 aromatic rings. The number of carbonyl (C=O) groups is 1. The van der Waals surface area contributed by atoms with Gasteiger partial charge in [0.15, 0.2) is 0 Å². The van der Waals surface area contributed by atoms with Gasteiger partial charge in [0.1, 0.15) is 12.4 Å². The first-order valence-corrected chi connectivity index (χ1v) is 5.17. The van der Waals surface area contributed by atoms with Gasteiger partial charge in [0, 0.05) is 10.7 Å². The highest BCUT2D eigenvalue weighted by molar-refractivity contribution is 6.30. The number of benzene rings is 1. The van der Waals surface area contributed by atoms with Crippen LogP contribution in [0, 0.1) is 5.82 Å². The van der Waals surface area contributed by atoms with Gasteiger partial charge in [-0.3, -0.25) is 4.79 Å². The minimum atomic E-state index is -4.46. The summed E-state index contributed by atoms with van der Waals surface area (Å²) in [6.45, 7) is -1.81. The molecule has 0 spiro atoms. The molecule has 8 heteroatoms. The number of alkyl halides is 3. The second-order valence-corrected chi connectivity index (χ2v) is 3.84. The van der Waals surface area contributed by atoms with E-state index < -0.39 is 31.0 Å². The van der Waals surface area contributed by atoms with Gasteiger partial charge in [0.25, 0.3) is 0 Å². The largest absolute Gasteiger partial charge is 0.405 e. The molecule has 0 fully saturated rings. The fraction of sp³-hybridized carbons (Fsp3) is 0.300. The van der Waals surface area contributed by atoms with Crippen molar-refractivity contribution in [3.8, 4) is 0 Å². The van der Waals surface area contributed by atoms with Gasteiger partial charge in [-0.1, -0.05) is 11.6 Å². The van der Waals surface area contributed by atoms with Gasteiger partial charge in [-0.25, -0.2) is 4.39 Å². The molecule has 0 unspecified atom stereocenters. The Labute approximate surface area is 105 Å². The first-order valence-electron chi connectivity index (χ1n) is 4.80. The molecular formula is C10H9ClF4N2O. The van der Waals surface area contributed by atoms with Crippen molar-refractivity contribution in [2.75, 3.05) is 18.4 Å². The number of hydrogen-bond acceptors (Lipinski definition) is 2. The van der Waals surface area contributed by atoms with Gasteiger partial charge in [-0.15, -0.1) is 0 Å². The molecule has 18 heavy (non-hydrogen) atoms. The van der Waals surface area contributed by atoms with Gasteiger partial charge in [0.2, 0.25) is 5.91 Å². The molecule has 1 amide bonds. The van der Waals surface area contributed by atoms with Crippen molar-refractivity contribution in [3.05, 3.63) is 29.0 Å². The van der Waals surface area contributed by atoms with Crippen LogP contribution in [0.15, 0.2) is 18.2 Å². The summed E-state index contributed by atoms with van der Waals surface area (Å²) >= 11 is 5.56. The molecule has 0 bridgehead atoms. The molecule has 0 aliphatic carbocycles. The second kappa shape index (κ2) is 5.90. The number of hydrogen-bond donors (Lipinski definition) is 2. The third-order valence-electron chi connectivity index (χ3n) is 1.80. The average molecular weight is 285 g/mol. The van der Waals surface area contributed by atoms with Crippen LogP contribution in [-0.4, -0.2) is 25.2 Å². The van der Waals surface area contributed by atoms with Gasteiger partial charge >= 0.3 is 6.18 Å². The van der Waals surface area contributed by atoms with Crippen LogP contribution in [0.3, 0.4) is 0 Å². The zero-order chi connectivity index (χ0) is 13.8. The quantitative estimate of drug-likeness (QED) is 0.835. The van der Waals surface area contributed by atoms with Gasteiger partial charge in [0.05, 0.1) is 6.54 Å². The van der Waals surface area contributed by atoms with E-state index in [0.29, 0.717) is 0 Å². The van der Waals surface area contributed by atoms with E-state index in [4.69, 9.17) is 11.6 Å². The summed E-state index contributed by atoms with van der Waals surface area (Å²) in [6.07, 6.45) is -4.46. The molecule has 0 saturated heterocycles. The summed E-state index contributed by atoms with van der Waals surface area (Å²) < 4.78 is 48.2. The van der Waals surface area contributed by atoms with E-state index in [1.807, 2.05) is 0 Å². The molecule has 3 nitrogen and oxygen atoms in total. The number of amides is 1. The highest BCUT2D eigenvalue weighted by atomic mass is 35.5. The molecule has 0 aliphatic rings. The Balaban J connectivity index is 2.43. The number of halogens is 5. The predicted octanol–water partition coefficient (Wildman–Crippen LogP) is 2.57. The SMILES string of the molecule is O=C(CNc1cc(F)cc(Cl)c1)NCC(F)(F)F. The standard InChI is InChI=1S/C10H9ClF4N2O/c11-6-1-7(12)3-8(2-6)16-4-9(18)17-5-10(13,14)15/h1-3,16H,4-5H2,(H,17,18). The van der Waals surface area contributed by atoms with E-state index in [1.54, 1.807) is 5.32 Å². The first kappa shape index (κ1) is 14.6. The van der Waals surface area contributed by atoms with E-state index in [1.165, 1.54) is 6.07 Å². The molecule has 0 heterocycles. The maximum Gasteiger partial charge on any atom is 0.405 e. The molecule has 0 atom stereocenters. The van der Waals surface area contributed by atoms with Gasteiger partial charge < -0.3 is 10.6 Å². The van der Waals surface area contributed by atoms with Crippen molar-refractivity contribution in [1.82, 2.24) is 5.32 Å². The molecule has 2 N–H and O–H groups in total. The Morgan fingerprint density at radius 1 is 1.28 bits per heavy atom. The highest BCUT2D eigenvalue weighted by Gasteiger charge is 2.27. The smallest absolute Gasteiger partial charge is 0.376 e. The molecule has 100 valence electrons. The number of rotatable bonds is 4. The Bertz CT molecular complexity index is 416. The van der Waals surface area contributed by atoms with E-state index in [9.17, 15) is 22.4 Å². The zero-order valence-electron chi connectivity index (χ0n) is 8.94. The van der Waals surface area contributed by atoms with E-state index >= 15 is 0 Å². The lowest BCUT2D eigenvalue weighted by Gasteiger charge is -2.10. The van der Waals surface area contributed by atoms with Crippen LogP contribution in [-0.2, 0) is 4.79 Å². The second-order valence-electron chi connectivity index (χ2n) is 3.40. The normalized spacial score (nSPS) is 11.2. The molecule has 0 saturated carbocycles. The zero-order valence-corrected chi connectivity index (χ0v) is 9.70. The average Bonchev–Trinajstić information content (AvgIpc) is 2.21. The van der Waals surface area contributed by atoms with Crippen LogP contribution in [0.2, 0.25) is 5.02 Å². The van der Waals surface area contributed by atoms with Crippen molar-refractivity contribution in [2.24, 2.45) is 0 Å². The van der Waals surface area contributed by atoms with Crippen molar-refractivity contribution in [2.45, 2.75) is 6.18 Å². The van der Waals surface area contributed by atoms with Crippen LogP contribution in [0.1, 0.15) is 0 Å². The fourth-order valence-corrected chi connectivity index (χ4v) is 1.32. The summed E-state index contributed by atoms with van der Waals surface area (Å²) in [5.74, 6) is -1.46. The number of anilines is 1. The minimum Gasteiger partial charge on any atom is -0.376 e. The maximum absolute atomic E-state index is 12.9. The highest BCUT2D eigenvalue weighted by Crippen LogP contribution is 2.17. The topological polar surface area (TPSA) is 41.1 Å². The molecule has 1 rings (SSSR count). The maximum atomic E-state index is 12.9. The monoisotopic (exact) mass is 284 g/mol. The predicted molar refractivity (Wildman–Crippen MR) is 59.0 cm³/mol. The van der Waals surface area contributed by atoms with Crippen LogP contribution >= 0.6 is 11.6 Å². The van der Waals surface area contributed by atoms with Crippen molar-refractivity contribution in [1.29, 1.82) is 0 Å². The van der Waals surface area contributed by atoms with Crippen LogP contribution < -0.4 is 10.6 Å². The lowest BCUT2D eigenvalue weighted by molar-refractivity contribution is -0.137. The van der Waals surface area contributed by atoms with Crippen molar-refractivity contribution >= 4 is 23.2 Å². The van der Waals surface area contributed by atoms with E-state index in [2.05, 4.69) is 5.32 Å². The fourth-order valence-electron chi connectivity index (χ4n) is 1.10. The summed E-state index contributed by atoms with van der Waals surface area (Å²) in [5.41, 5.74) is 0.210. The molecular weight excluding hydrogens is 276 g/mol. The first-order chi connectivity index (χ1) is 8.26. The molecule has 1 aromatic carbocycles. The Kier molecular flexibility index (Phi) is 4.77. The number of nitrogens with one attached hydrogen (secondary N) is 2. The van der Waals surface area contributed by atoms with Crippen molar-refractivity contribution < 1.29 is 22.4 Å². The van der Waals surface area contributed by atoms with E-state index in [0.717, 1.165) is 12.1 Å². The van der Waals surface area contributed by atoms with Crippen LogP contribution in [0.5, 0.6) is 0 Å². The summed E-state index contributed by atoms with van der Waals surface area (Å²) in [6, 6.07) is 3.49. The third kappa shape index (κ3) is 5.72. The molecule has 0 aromatic heterocycles. The van der Waals surface area contributed by atoms with Gasteiger partial charge in [-0.2, -0.15) is 13.2 Å². The lowest BCUT2D eigenvalue weighted by Crippen LogP contribution is -2.37. The summed E-state index contributed by atoms with van der Waals surface area (Å²) in [4.78, 5) is 11.0. The summed E-state index contributed by atoms with van der Waals surface area (Å²) in [7, 11) is 0. The molecule has 0 radical (unpaired) electrons. The Morgan fingerprint density at radius 2 is 1.94 bits per heavy atom. The Morgan fingerprint density at radius 3 is 2.50 bits per heavy atom. The minimum absolute atomic E-state index is 0.119. The Hall–Kier alpha value is -1.50. The third-order valence-corrected chi connectivity index (χ3v) is 2.02. The number of carbonyl (C=O) groups excluding carboxylic acids is 1. The summed E-state index contributed by atoms with van der Waals surface area (Å²) in [5, 5.41) is 4.25. The molecule has 0 aliphatic heterocycles. The van der Waals surface area contributed by atoms with Crippen molar-refractivity contribution in [3.63, 3.8) is 0 Å².